The molecule has 2 aliphatic rings. The largest absolute Gasteiger partial charge is 0.327 e. The molecule has 0 aliphatic heterocycles. The molecule has 3 rings (SSSR count). The second kappa shape index (κ2) is 5.38. The molecule has 0 spiro atoms. The number of nitrogens with one attached hydrogen (secondary N) is 1. The molecule has 6 nitrogen and oxygen atoms in total. The first-order valence-corrected chi connectivity index (χ1v) is 7.77. The number of carbonyl (C=O) groups excluding carboxylic acids is 1. The van der Waals surface area contributed by atoms with E-state index in [0.29, 0.717) is 16.3 Å². The van der Waals surface area contributed by atoms with Crippen LogP contribution in [0.2, 0.25) is 0 Å². The summed E-state index contributed by atoms with van der Waals surface area (Å²) in [6.07, 6.45) is 3.12. The Morgan fingerprint density at radius 3 is 2.71 bits per heavy atom. The van der Waals surface area contributed by atoms with Gasteiger partial charge in [0.25, 0.3) is 5.69 Å². The Bertz CT molecular complexity index is 605. The minimum Gasteiger partial charge on any atom is -0.327 e. The molecular formula is C14H16BrN3O3. The topological polar surface area (TPSA) is 98.3 Å². The monoisotopic (exact) mass is 353 g/mol. The Hall–Kier alpha value is -1.47. The summed E-state index contributed by atoms with van der Waals surface area (Å²) in [5.74, 6) is 0.317. The molecule has 1 aromatic rings. The molecule has 0 aromatic heterocycles. The zero-order valence-corrected chi connectivity index (χ0v) is 12.9. The van der Waals surface area contributed by atoms with Crippen molar-refractivity contribution in [2.24, 2.45) is 23.5 Å². The zero-order chi connectivity index (χ0) is 15.1. The quantitative estimate of drug-likeness (QED) is 0.644. The molecule has 2 bridgehead atoms. The van der Waals surface area contributed by atoms with E-state index in [0.717, 1.165) is 19.3 Å². The fourth-order valence-electron chi connectivity index (χ4n) is 3.70. The second-order valence-corrected chi connectivity index (χ2v) is 6.76. The van der Waals surface area contributed by atoms with Gasteiger partial charge in [0.1, 0.15) is 5.69 Å². The van der Waals surface area contributed by atoms with Crippen LogP contribution < -0.4 is 11.1 Å². The van der Waals surface area contributed by atoms with Gasteiger partial charge in [-0.15, -0.1) is 0 Å². The molecule has 2 aliphatic carbocycles. The third-order valence-electron chi connectivity index (χ3n) is 4.70. The first kappa shape index (κ1) is 14.5. The SMILES string of the molecule is NC1C2CCC(C2)C1C(=O)Nc1ccc(Br)cc1[N+](=O)[O-]. The van der Waals surface area contributed by atoms with Crippen LogP contribution in [0, 0.1) is 27.9 Å². The van der Waals surface area contributed by atoms with Crippen molar-refractivity contribution in [2.75, 3.05) is 5.32 Å². The van der Waals surface area contributed by atoms with Crippen LogP contribution in [-0.4, -0.2) is 16.9 Å². The summed E-state index contributed by atoms with van der Waals surface area (Å²) < 4.78 is 0.601. The number of hydrogen-bond donors (Lipinski definition) is 2. The Morgan fingerprint density at radius 1 is 1.38 bits per heavy atom. The fraction of sp³-hybridized carbons (Fsp3) is 0.500. The highest BCUT2D eigenvalue weighted by Gasteiger charge is 2.49. The van der Waals surface area contributed by atoms with Gasteiger partial charge in [0.2, 0.25) is 5.91 Å². The Labute approximate surface area is 130 Å². The fourth-order valence-corrected chi connectivity index (χ4v) is 4.05. The van der Waals surface area contributed by atoms with Crippen molar-refractivity contribution in [3.8, 4) is 0 Å². The molecule has 0 saturated heterocycles. The molecule has 2 saturated carbocycles. The Kier molecular flexibility index (Phi) is 3.71. The van der Waals surface area contributed by atoms with Crippen LogP contribution >= 0.6 is 15.9 Å². The van der Waals surface area contributed by atoms with Gasteiger partial charge in [-0.25, -0.2) is 0 Å². The number of carbonyl (C=O) groups is 1. The lowest BCUT2D eigenvalue weighted by Crippen LogP contribution is -2.42. The van der Waals surface area contributed by atoms with E-state index in [4.69, 9.17) is 5.73 Å². The van der Waals surface area contributed by atoms with Gasteiger partial charge >= 0.3 is 0 Å². The summed E-state index contributed by atoms with van der Waals surface area (Å²) in [7, 11) is 0. The van der Waals surface area contributed by atoms with Crippen LogP contribution in [0.15, 0.2) is 22.7 Å². The van der Waals surface area contributed by atoms with Crippen LogP contribution in [0.25, 0.3) is 0 Å². The van der Waals surface area contributed by atoms with E-state index < -0.39 is 4.92 Å². The van der Waals surface area contributed by atoms with Gasteiger partial charge in [-0.3, -0.25) is 14.9 Å². The number of nitro benzene ring substituents is 1. The Balaban J connectivity index is 1.81. The number of anilines is 1. The maximum Gasteiger partial charge on any atom is 0.293 e. The molecule has 4 unspecified atom stereocenters. The average molecular weight is 354 g/mol. The highest BCUT2D eigenvalue weighted by Crippen LogP contribution is 2.48. The minimum atomic E-state index is -0.499. The number of amides is 1. The van der Waals surface area contributed by atoms with E-state index in [9.17, 15) is 14.9 Å². The summed E-state index contributed by atoms with van der Waals surface area (Å²) in [6.45, 7) is 0. The predicted octanol–water partition coefficient (Wildman–Crippen LogP) is 2.67. The van der Waals surface area contributed by atoms with E-state index in [1.54, 1.807) is 12.1 Å². The standard InChI is InChI=1S/C14H16BrN3O3/c15-9-3-4-10(11(6-9)18(20)21)17-14(19)12-7-1-2-8(5-7)13(12)16/h3-4,6-8,12-13H,1-2,5,16H2,(H,17,19). The third kappa shape index (κ3) is 2.55. The second-order valence-electron chi connectivity index (χ2n) is 5.84. The molecule has 112 valence electrons. The minimum absolute atomic E-state index is 0.116. The lowest BCUT2D eigenvalue weighted by atomic mass is 9.84. The van der Waals surface area contributed by atoms with Crippen LogP contribution in [0.4, 0.5) is 11.4 Å². The normalized spacial score (nSPS) is 30.4. The molecule has 2 fully saturated rings. The van der Waals surface area contributed by atoms with Crippen molar-refractivity contribution in [1.29, 1.82) is 0 Å². The number of hydrogen-bond acceptors (Lipinski definition) is 4. The number of fused-ring (bicyclic) bond motifs is 2. The van der Waals surface area contributed by atoms with Crippen LogP contribution in [-0.2, 0) is 4.79 Å². The summed E-state index contributed by atoms with van der Waals surface area (Å²) >= 11 is 3.20. The lowest BCUT2D eigenvalue weighted by molar-refractivity contribution is -0.384. The predicted molar refractivity (Wildman–Crippen MR) is 81.7 cm³/mol. The van der Waals surface area contributed by atoms with Gasteiger partial charge < -0.3 is 11.1 Å². The number of benzene rings is 1. The van der Waals surface area contributed by atoms with Gasteiger partial charge in [-0.2, -0.15) is 0 Å². The summed E-state index contributed by atoms with van der Waals surface area (Å²) in [6, 6.07) is 4.47. The summed E-state index contributed by atoms with van der Waals surface area (Å²) in [4.78, 5) is 23.0. The maximum atomic E-state index is 12.4. The van der Waals surface area contributed by atoms with Crippen molar-refractivity contribution >= 4 is 33.2 Å². The molecule has 0 radical (unpaired) electrons. The summed E-state index contributed by atoms with van der Waals surface area (Å²) in [5.41, 5.74) is 6.25. The van der Waals surface area contributed by atoms with Crippen molar-refractivity contribution in [3.63, 3.8) is 0 Å². The van der Waals surface area contributed by atoms with Crippen molar-refractivity contribution < 1.29 is 9.72 Å². The van der Waals surface area contributed by atoms with E-state index >= 15 is 0 Å². The molecule has 7 heteroatoms. The third-order valence-corrected chi connectivity index (χ3v) is 5.19. The van der Waals surface area contributed by atoms with Gasteiger partial charge in [-0.1, -0.05) is 15.9 Å². The van der Waals surface area contributed by atoms with E-state index in [1.807, 2.05) is 0 Å². The van der Waals surface area contributed by atoms with Crippen molar-refractivity contribution in [2.45, 2.75) is 25.3 Å². The van der Waals surface area contributed by atoms with E-state index in [1.165, 1.54) is 6.07 Å². The molecular weight excluding hydrogens is 338 g/mol. The maximum absolute atomic E-state index is 12.4. The van der Waals surface area contributed by atoms with Gasteiger partial charge in [-0.05, 0) is 43.2 Å². The first-order chi connectivity index (χ1) is 9.97. The Morgan fingerprint density at radius 2 is 2.10 bits per heavy atom. The van der Waals surface area contributed by atoms with Gasteiger partial charge in [0.15, 0.2) is 0 Å². The number of rotatable bonds is 3. The summed E-state index contributed by atoms with van der Waals surface area (Å²) in [5, 5.41) is 13.8. The lowest BCUT2D eigenvalue weighted by Gasteiger charge is -2.26. The molecule has 0 heterocycles. The van der Waals surface area contributed by atoms with Crippen LogP contribution in [0.1, 0.15) is 19.3 Å². The van der Waals surface area contributed by atoms with Gasteiger partial charge in [0.05, 0.1) is 10.8 Å². The highest BCUT2D eigenvalue weighted by molar-refractivity contribution is 9.10. The number of halogens is 1. The number of nitrogens with zero attached hydrogens (tertiary/aromatic N) is 1. The van der Waals surface area contributed by atoms with Crippen molar-refractivity contribution in [3.05, 3.63) is 32.8 Å². The van der Waals surface area contributed by atoms with E-state index in [2.05, 4.69) is 21.2 Å². The number of nitrogens with two attached hydrogens (primary N) is 1. The van der Waals surface area contributed by atoms with Gasteiger partial charge in [0, 0.05) is 16.6 Å². The average Bonchev–Trinajstić information content (AvgIpc) is 3.01. The van der Waals surface area contributed by atoms with Crippen LogP contribution in [0.3, 0.4) is 0 Å². The molecule has 4 atom stereocenters. The smallest absolute Gasteiger partial charge is 0.293 e. The van der Waals surface area contributed by atoms with Crippen LogP contribution in [0.5, 0.6) is 0 Å². The highest BCUT2D eigenvalue weighted by atomic mass is 79.9. The first-order valence-electron chi connectivity index (χ1n) is 6.97. The molecule has 21 heavy (non-hydrogen) atoms. The molecule has 1 amide bonds. The van der Waals surface area contributed by atoms with E-state index in [-0.39, 0.29) is 29.2 Å². The molecule has 1 aromatic carbocycles. The molecule has 3 N–H and O–H groups in total. The van der Waals surface area contributed by atoms with Crippen molar-refractivity contribution in [1.82, 2.24) is 0 Å². The number of nitro groups is 1. The zero-order valence-electron chi connectivity index (χ0n) is 11.3.